The minimum absolute atomic E-state index is 0.710. The van der Waals surface area contributed by atoms with Crippen LogP contribution in [0.4, 0.5) is 5.13 Å². The van der Waals surface area contributed by atoms with Crippen molar-refractivity contribution in [3.8, 4) is 11.3 Å². The van der Waals surface area contributed by atoms with E-state index in [0.29, 0.717) is 10.0 Å². The lowest BCUT2D eigenvalue weighted by molar-refractivity contribution is 1.27. The van der Waals surface area contributed by atoms with Crippen LogP contribution in [0.1, 0.15) is 12.5 Å². The molecule has 0 aliphatic heterocycles. The molecule has 3 nitrogen and oxygen atoms in total. The standard InChI is InChI=1S/C17H13Cl2N3S/c1-11(12-2-6-14(18)7-3-12)21-22-17-20-16(10-23-17)13-4-8-15(19)9-5-13/h2-10H,1H3,(H,20,22)/b21-11+. The third-order valence-electron chi connectivity index (χ3n) is 3.23. The molecule has 6 heteroatoms. The van der Waals surface area contributed by atoms with Gasteiger partial charge in [0.05, 0.1) is 11.4 Å². The number of rotatable bonds is 4. The fourth-order valence-electron chi connectivity index (χ4n) is 1.97. The third-order valence-corrected chi connectivity index (χ3v) is 4.48. The molecule has 1 aromatic heterocycles. The largest absolute Gasteiger partial charge is 0.252 e. The fraction of sp³-hybridized carbons (Fsp3) is 0.0588. The Hall–Kier alpha value is -1.88. The van der Waals surface area contributed by atoms with Gasteiger partial charge in [-0.1, -0.05) is 47.5 Å². The van der Waals surface area contributed by atoms with Gasteiger partial charge in [-0.15, -0.1) is 11.3 Å². The maximum atomic E-state index is 5.90. The summed E-state index contributed by atoms with van der Waals surface area (Å²) in [6.45, 7) is 1.93. The highest BCUT2D eigenvalue weighted by Gasteiger charge is 2.04. The monoisotopic (exact) mass is 361 g/mol. The molecule has 116 valence electrons. The number of nitrogens with zero attached hydrogens (tertiary/aromatic N) is 2. The second-order valence-electron chi connectivity index (χ2n) is 4.86. The Balaban J connectivity index is 1.72. The Kier molecular flexibility index (Phi) is 4.96. The van der Waals surface area contributed by atoms with Crippen LogP contribution in [0.15, 0.2) is 59.0 Å². The maximum Gasteiger partial charge on any atom is 0.203 e. The number of hydrogen-bond donors (Lipinski definition) is 1. The molecule has 1 heterocycles. The lowest BCUT2D eigenvalue weighted by Gasteiger charge is -2.01. The van der Waals surface area contributed by atoms with Crippen LogP contribution in [-0.2, 0) is 0 Å². The van der Waals surface area contributed by atoms with Crippen molar-refractivity contribution in [2.45, 2.75) is 6.92 Å². The summed E-state index contributed by atoms with van der Waals surface area (Å²) in [5.41, 5.74) is 6.79. The highest BCUT2D eigenvalue weighted by Crippen LogP contribution is 2.26. The van der Waals surface area contributed by atoms with Crippen molar-refractivity contribution in [3.05, 3.63) is 69.5 Å². The topological polar surface area (TPSA) is 37.3 Å². The van der Waals surface area contributed by atoms with Crippen LogP contribution in [0, 0.1) is 0 Å². The second-order valence-corrected chi connectivity index (χ2v) is 6.59. The highest BCUT2D eigenvalue weighted by molar-refractivity contribution is 7.14. The molecule has 0 aliphatic rings. The predicted molar refractivity (Wildman–Crippen MR) is 99.8 cm³/mol. The van der Waals surface area contributed by atoms with E-state index in [-0.39, 0.29) is 0 Å². The van der Waals surface area contributed by atoms with E-state index in [4.69, 9.17) is 23.2 Å². The van der Waals surface area contributed by atoms with Gasteiger partial charge in [-0.05, 0) is 36.8 Å². The molecule has 0 spiro atoms. The minimum atomic E-state index is 0.710. The Bertz CT molecular complexity index is 824. The van der Waals surface area contributed by atoms with Crippen molar-refractivity contribution in [2.24, 2.45) is 5.10 Å². The Morgan fingerprint density at radius 3 is 2.26 bits per heavy atom. The number of aromatic nitrogens is 1. The molecular weight excluding hydrogens is 349 g/mol. The maximum absolute atomic E-state index is 5.90. The molecule has 1 N–H and O–H groups in total. The number of benzene rings is 2. The molecule has 3 rings (SSSR count). The zero-order valence-electron chi connectivity index (χ0n) is 12.3. The smallest absolute Gasteiger partial charge is 0.203 e. The third kappa shape index (κ3) is 4.10. The molecule has 0 saturated heterocycles. The fourth-order valence-corrected chi connectivity index (χ4v) is 2.88. The molecule has 0 atom stereocenters. The molecule has 3 aromatic rings. The molecule has 0 amide bonds. The van der Waals surface area contributed by atoms with Crippen LogP contribution in [0.3, 0.4) is 0 Å². The molecule has 23 heavy (non-hydrogen) atoms. The van der Waals surface area contributed by atoms with E-state index >= 15 is 0 Å². The number of anilines is 1. The number of hydrazone groups is 1. The molecule has 0 saturated carbocycles. The highest BCUT2D eigenvalue weighted by atomic mass is 35.5. The molecule has 0 bridgehead atoms. The number of hydrogen-bond acceptors (Lipinski definition) is 4. The van der Waals surface area contributed by atoms with Crippen LogP contribution >= 0.6 is 34.5 Å². The number of nitrogens with one attached hydrogen (secondary N) is 1. The average molecular weight is 362 g/mol. The van der Waals surface area contributed by atoms with Gasteiger partial charge in [0.2, 0.25) is 5.13 Å². The quantitative estimate of drug-likeness (QED) is 0.460. The lowest BCUT2D eigenvalue weighted by atomic mass is 10.1. The van der Waals surface area contributed by atoms with Gasteiger partial charge in [-0.3, -0.25) is 5.43 Å². The predicted octanol–water partition coefficient (Wildman–Crippen LogP) is 5.95. The first-order chi connectivity index (χ1) is 11.1. The first-order valence-electron chi connectivity index (χ1n) is 6.89. The van der Waals surface area contributed by atoms with Crippen LogP contribution in [0.25, 0.3) is 11.3 Å². The van der Waals surface area contributed by atoms with E-state index in [1.54, 1.807) is 0 Å². The first kappa shape index (κ1) is 16.0. The summed E-state index contributed by atoms with van der Waals surface area (Å²) in [5.74, 6) is 0. The summed E-state index contributed by atoms with van der Waals surface area (Å²) in [6, 6.07) is 15.2. The SMILES string of the molecule is C/C(=N\Nc1nc(-c2ccc(Cl)cc2)cs1)c1ccc(Cl)cc1. The first-order valence-corrected chi connectivity index (χ1v) is 8.53. The zero-order valence-corrected chi connectivity index (χ0v) is 14.6. The Morgan fingerprint density at radius 1 is 1.00 bits per heavy atom. The van der Waals surface area contributed by atoms with Gasteiger partial charge < -0.3 is 0 Å². The van der Waals surface area contributed by atoms with Gasteiger partial charge in [0.1, 0.15) is 0 Å². The Morgan fingerprint density at radius 2 is 1.61 bits per heavy atom. The molecule has 0 fully saturated rings. The molecule has 0 radical (unpaired) electrons. The van der Waals surface area contributed by atoms with E-state index in [2.05, 4.69) is 15.5 Å². The van der Waals surface area contributed by atoms with Crippen LogP contribution in [0.5, 0.6) is 0 Å². The van der Waals surface area contributed by atoms with Crippen molar-refractivity contribution in [1.29, 1.82) is 0 Å². The normalized spacial score (nSPS) is 11.5. The van der Waals surface area contributed by atoms with Gasteiger partial charge in [0.25, 0.3) is 0 Å². The summed E-state index contributed by atoms with van der Waals surface area (Å²) in [7, 11) is 0. The van der Waals surface area contributed by atoms with Gasteiger partial charge in [0.15, 0.2) is 0 Å². The molecule has 0 aliphatic carbocycles. The van der Waals surface area contributed by atoms with Crippen molar-refractivity contribution in [1.82, 2.24) is 4.98 Å². The second kappa shape index (κ2) is 7.13. The van der Waals surface area contributed by atoms with E-state index in [0.717, 1.165) is 27.7 Å². The summed E-state index contributed by atoms with van der Waals surface area (Å²) in [5, 5.41) is 8.51. The molecule has 2 aromatic carbocycles. The lowest BCUT2D eigenvalue weighted by Crippen LogP contribution is -1.99. The van der Waals surface area contributed by atoms with Crippen molar-refractivity contribution < 1.29 is 0 Å². The van der Waals surface area contributed by atoms with E-state index in [9.17, 15) is 0 Å². The Labute approximate surface area is 148 Å². The van der Waals surface area contributed by atoms with Crippen molar-refractivity contribution >= 4 is 45.4 Å². The van der Waals surface area contributed by atoms with Gasteiger partial charge in [-0.25, -0.2) is 4.98 Å². The van der Waals surface area contributed by atoms with Gasteiger partial charge in [-0.2, -0.15) is 5.10 Å². The minimum Gasteiger partial charge on any atom is -0.252 e. The number of thiazole rings is 1. The number of halogens is 2. The van der Waals surface area contributed by atoms with Gasteiger partial charge in [0, 0.05) is 21.0 Å². The summed E-state index contributed by atoms with van der Waals surface area (Å²) in [4.78, 5) is 4.53. The average Bonchev–Trinajstić information content (AvgIpc) is 3.03. The van der Waals surface area contributed by atoms with Gasteiger partial charge >= 0.3 is 0 Å². The van der Waals surface area contributed by atoms with Crippen molar-refractivity contribution in [2.75, 3.05) is 5.43 Å². The summed E-state index contributed by atoms with van der Waals surface area (Å²) < 4.78 is 0. The van der Waals surface area contributed by atoms with Crippen LogP contribution in [-0.4, -0.2) is 10.7 Å². The summed E-state index contributed by atoms with van der Waals surface area (Å²) in [6.07, 6.45) is 0. The van der Waals surface area contributed by atoms with E-state index in [1.165, 1.54) is 11.3 Å². The molecule has 0 unspecified atom stereocenters. The summed E-state index contributed by atoms with van der Waals surface area (Å²) >= 11 is 13.3. The van der Waals surface area contributed by atoms with E-state index < -0.39 is 0 Å². The van der Waals surface area contributed by atoms with Crippen molar-refractivity contribution in [3.63, 3.8) is 0 Å². The molecular formula is C17H13Cl2N3S. The van der Waals surface area contributed by atoms with Crippen LogP contribution in [0.2, 0.25) is 10.0 Å². The van der Waals surface area contributed by atoms with E-state index in [1.807, 2.05) is 60.8 Å². The van der Waals surface area contributed by atoms with Crippen LogP contribution < -0.4 is 5.43 Å². The zero-order chi connectivity index (χ0) is 16.2.